The quantitative estimate of drug-likeness (QED) is 0.228. The summed E-state index contributed by atoms with van der Waals surface area (Å²) in [5.41, 5.74) is 1.88. The minimum Gasteiger partial charge on any atom is -0.497 e. The van der Waals surface area contributed by atoms with Gasteiger partial charge in [-0.15, -0.1) is 0 Å². The zero-order chi connectivity index (χ0) is 21.3. The van der Waals surface area contributed by atoms with Crippen LogP contribution in [0.25, 0.3) is 16.3 Å². The van der Waals surface area contributed by atoms with Crippen molar-refractivity contribution in [1.82, 2.24) is 9.78 Å². The molecule has 150 valence electrons. The van der Waals surface area contributed by atoms with E-state index in [2.05, 4.69) is 5.10 Å². The number of ketones is 1. The first-order valence-electron chi connectivity index (χ1n) is 8.75. The first kappa shape index (κ1) is 19.8. The summed E-state index contributed by atoms with van der Waals surface area (Å²) in [6, 6.07) is 16.7. The summed E-state index contributed by atoms with van der Waals surface area (Å²) in [5, 5.41) is 16.2. The highest BCUT2D eigenvalue weighted by atomic mass is 35.5. The molecule has 0 aliphatic rings. The number of nitrogens with zero attached hydrogens (tertiary/aromatic N) is 3. The Morgan fingerprint density at radius 1 is 1.10 bits per heavy atom. The van der Waals surface area contributed by atoms with E-state index >= 15 is 0 Å². The minimum atomic E-state index is -0.463. The summed E-state index contributed by atoms with van der Waals surface area (Å²) in [6.07, 6.45) is 1.62. The number of halogens is 1. The molecule has 9 heteroatoms. The summed E-state index contributed by atoms with van der Waals surface area (Å²) < 4.78 is 6.75. The lowest BCUT2D eigenvalue weighted by molar-refractivity contribution is -0.380. The number of carbonyl (C=O) groups excluding carboxylic acids is 1. The number of hydrogen-bond donors (Lipinski definition) is 0. The van der Waals surface area contributed by atoms with Gasteiger partial charge in [-0.3, -0.25) is 14.9 Å². The molecular weight excluding hydrogens is 426 g/mol. The Labute approximate surface area is 180 Å². The molecule has 0 atom stereocenters. The number of nitro groups is 1. The molecule has 30 heavy (non-hydrogen) atoms. The standard InChI is InChI=1S/C21H14ClN3O4S/c1-29-16-8-6-15(7-9-16)24-12-17(21(26)13-2-4-14(22)5-3-13)20(23-24)18-10-11-19(30-18)25(27)28/h2-12H,1H3. The Balaban J connectivity index is 1.83. The molecule has 0 aliphatic heterocycles. The zero-order valence-electron chi connectivity index (χ0n) is 15.6. The number of carbonyl (C=O) groups is 1. The third-order valence-corrected chi connectivity index (χ3v) is 5.70. The lowest BCUT2D eigenvalue weighted by atomic mass is 10.0. The van der Waals surface area contributed by atoms with Gasteiger partial charge in [0.25, 0.3) is 0 Å². The van der Waals surface area contributed by atoms with Gasteiger partial charge in [0.2, 0.25) is 0 Å². The highest BCUT2D eigenvalue weighted by Crippen LogP contribution is 2.35. The van der Waals surface area contributed by atoms with Gasteiger partial charge in [-0.25, -0.2) is 4.68 Å². The van der Waals surface area contributed by atoms with Gasteiger partial charge >= 0.3 is 5.00 Å². The van der Waals surface area contributed by atoms with E-state index in [0.29, 0.717) is 32.5 Å². The highest BCUT2D eigenvalue weighted by molar-refractivity contribution is 7.18. The van der Waals surface area contributed by atoms with Crippen molar-refractivity contribution in [2.75, 3.05) is 7.11 Å². The Bertz CT molecular complexity index is 1230. The average Bonchev–Trinajstić information content (AvgIpc) is 3.41. The third-order valence-electron chi connectivity index (χ3n) is 4.41. The van der Waals surface area contributed by atoms with Crippen LogP contribution in [0.3, 0.4) is 0 Å². The second-order valence-electron chi connectivity index (χ2n) is 6.26. The van der Waals surface area contributed by atoms with Crippen LogP contribution in [0.1, 0.15) is 15.9 Å². The molecule has 7 nitrogen and oxygen atoms in total. The number of hydrogen-bond acceptors (Lipinski definition) is 6. The van der Waals surface area contributed by atoms with E-state index in [1.807, 2.05) is 12.1 Å². The molecular formula is C21H14ClN3O4S. The average molecular weight is 440 g/mol. The van der Waals surface area contributed by atoms with Crippen molar-refractivity contribution in [3.05, 3.63) is 93.1 Å². The molecule has 0 aliphatic carbocycles. The lowest BCUT2D eigenvalue weighted by Crippen LogP contribution is -2.01. The van der Waals surface area contributed by atoms with Gasteiger partial charge in [-0.2, -0.15) is 5.10 Å². The number of ether oxygens (including phenoxy) is 1. The molecule has 2 aromatic heterocycles. The molecule has 0 amide bonds. The zero-order valence-corrected chi connectivity index (χ0v) is 17.2. The van der Waals surface area contributed by atoms with Crippen molar-refractivity contribution in [3.8, 4) is 22.0 Å². The Kier molecular flexibility index (Phi) is 5.35. The van der Waals surface area contributed by atoms with E-state index in [0.717, 1.165) is 17.0 Å². The van der Waals surface area contributed by atoms with Crippen LogP contribution < -0.4 is 4.74 Å². The Hall–Kier alpha value is -3.49. The first-order valence-corrected chi connectivity index (χ1v) is 9.94. The maximum atomic E-state index is 13.2. The fraction of sp³-hybridized carbons (Fsp3) is 0.0476. The number of benzene rings is 2. The number of methoxy groups -OCH3 is 1. The van der Waals surface area contributed by atoms with E-state index in [1.165, 1.54) is 6.07 Å². The van der Waals surface area contributed by atoms with Crippen LogP contribution in [0, 0.1) is 10.1 Å². The van der Waals surface area contributed by atoms with Gasteiger partial charge in [-0.05, 0) is 54.6 Å². The molecule has 4 aromatic rings. The van der Waals surface area contributed by atoms with Gasteiger partial charge in [0.15, 0.2) is 5.78 Å². The number of rotatable bonds is 6. The summed E-state index contributed by atoms with van der Waals surface area (Å²) in [6.45, 7) is 0. The lowest BCUT2D eigenvalue weighted by Gasteiger charge is -2.03. The molecule has 0 N–H and O–H groups in total. The molecule has 0 bridgehead atoms. The number of thiophene rings is 1. The van der Waals surface area contributed by atoms with E-state index in [4.69, 9.17) is 16.3 Å². The molecule has 0 radical (unpaired) electrons. The fourth-order valence-electron chi connectivity index (χ4n) is 2.90. The van der Waals surface area contributed by atoms with Gasteiger partial charge in [0, 0.05) is 22.8 Å². The summed E-state index contributed by atoms with van der Waals surface area (Å²) in [5.74, 6) is 0.440. The first-order chi connectivity index (χ1) is 14.5. The summed E-state index contributed by atoms with van der Waals surface area (Å²) in [4.78, 5) is 24.4. The van der Waals surface area contributed by atoms with Crippen LogP contribution in [0.2, 0.25) is 5.02 Å². The fourth-order valence-corrected chi connectivity index (χ4v) is 3.84. The third kappa shape index (κ3) is 3.83. The summed E-state index contributed by atoms with van der Waals surface area (Å²) in [7, 11) is 1.58. The van der Waals surface area contributed by atoms with Gasteiger partial charge in [-0.1, -0.05) is 22.9 Å². The van der Waals surface area contributed by atoms with Gasteiger partial charge < -0.3 is 4.74 Å². The van der Waals surface area contributed by atoms with E-state index in [1.54, 1.807) is 60.5 Å². The van der Waals surface area contributed by atoms with Crippen LogP contribution in [-0.2, 0) is 0 Å². The predicted octanol–water partition coefficient (Wildman–Crippen LogP) is 5.40. The van der Waals surface area contributed by atoms with Crippen molar-refractivity contribution >= 4 is 33.7 Å². The van der Waals surface area contributed by atoms with Crippen molar-refractivity contribution < 1.29 is 14.5 Å². The van der Waals surface area contributed by atoms with Crippen LogP contribution in [0.4, 0.5) is 5.00 Å². The maximum absolute atomic E-state index is 13.2. The minimum absolute atomic E-state index is 0.0195. The van der Waals surface area contributed by atoms with Crippen molar-refractivity contribution in [3.63, 3.8) is 0 Å². The second kappa shape index (κ2) is 8.10. The maximum Gasteiger partial charge on any atom is 0.324 e. The van der Waals surface area contributed by atoms with Crippen LogP contribution in [0.15, 0.2) is 66.9 Å². The highest BCUT2D eigenvalue weighted by Gasteiger charge is 2.23. The van der Waals surface area contributed by atoms with Crippen LogP contribution in [0.5, 0.6) is 5.75 Å². The Morgan fingerprint density at radius 3 is 2.40 bits per heavy atom. The van der Waals surface area contributed by atoms with E-state index < -0.39 is 4.92 Å². The SMILES string of the molecule is COc1ccc(-n2cc(C(=O)c3ccc(Cl)cc3)c(-c3ccc([N+](=O)[O-])s3)n2)cc1. The molecule has 2 aromatic carbocycles. The van der Waals surface area contributed by atoms with Gasteiger partial charge in [0.1, 0.15) is 11.4 Å². The van der Waals surface area contributed by atoms with E-state index in [-0.39, 0.29) is 10.8 Å². The molecule has 0 spiro atoms. The monoisotopic (exact) mass is 439 g/mol. The van der Waals surface area contributed by atoms with E-state index in [9.17, 15) is 14.9 Å². The smallest absolute Gasteiger partial charge is 0.324 e. The normalized spacial score (nSPS) is 10.7. The van der Waals surface area contributed by atoms with Gasteiger partial charge in [0.05, 0.1) is 28.2 Å². The molecule has 4 rings (SSSR count). The molecule has 2 heterocycles. The molecule has 0 unspecified atom stereocenters. The summed E-state index contributed by atoms with van der Waals surface area (Å²) >= 11 is 6.90. The largest absolute Gasteiger partial charge is 0.497 e. The molecule has 0 fully saturated rings. The topological polar surface area (TPSA) is 87.3 Å². The van der Waals surface area contributed by atoms with Crippen molar-refractivity contribution in [2.45, 2.75) is 0 Å². The number of aromatic nitrogens is 2. The van der Waals surface area contributed by atoms with Crippen LogP contribution >= 0.6 is 22.9 Å². The van der Waals surface area contributed by atoms with Crippen molar-refractivity contribution in [2.24, 2.45) is 0 Å². The second-order valence-corrected chi connectivity index (χ2v) is 7.76. The Morgan fingerprint density at radius 2 is 1.80 bits per heavy atom. The predicted molar refractivity (Wildman–Crippen MR) is 115 cm³/mol. The van der Waals surface area contributed by atoms with Crippen LogP contribution in [-0.4, -0.2) is 27.6 Å². The molecule has 0 saturated carbocycles. The molecule has 0 saturated heterocycles. The van der Waals surface area contributed by atoms with Crippen molar-refractivity contribution in [1.29, 1.82) is 0 Å².